The number of hydrogen-bond acceptors (Lipinski definition) is 3. The fourth-order valence-corrected chi connectivity index (χ4v) is 14.3. The first-order valence-corrected chi connectivity index (χ1v) is 26.4. The molecule has 0 saturated carbocycles. The molecule has 12 aromatic rings. The Labute approximate surface area is 425 Å². The molecule has 0 bridgehead atoms. The molecular formula is C67H53BN2OS. The molecule has 0 amide bonds. The van der Waals surface area contributed by atoms with Crippen molar-refractivity contribution < 1.29 is 4.42 Å². The number of benzene rings is 9. The summed E-state index contributed by atoms with van der Waals surface area (Å²) in [6, 6.07) is 66.7. The zero-order chi connectivity index (χ0) is 48.7. The van der Waals surface area contributed by atoms with Gasteiger partial charge in [0.25, 0.3) is 0 Å². The van der Waals surface area contributed by atoms with Crippen LogP contribution in [0.15, 0.2) is 180 Å². The van der Waals surface area contributed by atoms with Crippen molar-refractivity contribution in [2.75, 3.05) is 4.81 Å². The Balaban J connectivity index is 1.18. The van der Waals surface area contributed by atoms with Crippen molar-refractivity contribution in [1.29, 1.82) is 0 Å². The summed E-state index contributed by atoms with van der Waals surface area (Å²) in [6.07, 6.45) is 0. The maximum Gasteiger partial charge on any atom is 0.333 e. The smallest absolute Gasteiger partial charge is 0.333 e. The van der Waals surface area contributed by atoms with E-state index in [1.807, 2.05) is 11.3 Å². The molecule has 0 unspecified atom stereocenters. The molecule has 0 radical (unpaired) electrons. The third kappa shape index (κ3) is 5.58. The van der Waals surface area contributed by atoms with E-state index >= 15 is 0 Å². The van der Waals surface area contributed by atoms with Crippen LogP contribution in [0.1, 0.15) is 77.6 Å². The lowest BCUT2D eigenvalue weighted by atomic mass is 9.43. The molecule has 0 N–H and O–H groups in total. The van der Waals surface area contributed by atoms with E-state index in [9.17, 15) is 0 Å². The van der Waals surface area contributed by atoms with Gasteiger partial charge in [0.2, 0.25) is 0 Å². The molecule has 346 valence electrons. The van der Waals surface area contributed by atoms with Crippen molar-refractivity contribution in [1.82, 2.24) is 4.57 Å². The number of thiophene rings is 1. The average molecular weight is 945 g/mol. The lowest BCUT2D eigenvalue weighted by Gasteiger charge is -2.43. The highest BCUT2D eigenvalue weighted by Gasteiger charge is 2.50. The molecule has 5 heteroatoms. The number of fused-ring (bicyclic) bond motifs is 17. The zero-order valence-corrected chi connectivity index (χ0v) is 42.8. The van der Waals surface area contributed by atoms with Crippen molar-refractivity contribution in [3.05, 3.63) is 198 Å². The lowest BCUT2D eigenvalue weighted by Crippen LogP contribution is -2.60. The first-order chi connectivity index (χ1) is 34.8. The topological polar surface area (TPSA) is 21.3 Å². The van der Waals surface area contributed by atoms with Crippen LogP contribution >= 0.6 is 11.3 Å². The molecule has 1 aliphatic carbocycles. The summed E-state index contributed by atoms with van der Waals surface area (Å²) < 4.78 is 12.6. The summed E-state index contributed by atoms with van der Waals surface area (Å²) in [5.41, 5.74) is 23.5. The van der Waals surface area contributed by atoms with Gasteiger partial charge in [0.15, 0.2) is 0 Å². The highest BCUT2D eigenvalue weighted by molar-refractivity contribution is 7.25. The van der Waals surface area contributed by atoms with Crippen molar-refractivity contribution in [2.24, 2.45) is 0 Å². The molecular weight excluding hydrogens is 892 g/mol. The molecule has 72 heavy (non-hydrogen) atoms. The maximum absolute atomic E-state index is 7.31. The number of rotatable bonds is 3. The standard InChI is InChI=1S/C67H53BN2OS/c1-65(2,3)40-27-30-42(31-28-40)70-52-37-56-45(43-23-16-18-26-55(43)72-56)34-47(52)59-58-44-24-15-17-25-49(44)67(7,8)61(58)60-46-33-41(66(4,5)6)29-32-51(46)69-53-35-48-54(36-50(53)68(70)62(59)63(60)69)71-64(39-21-13-10-14-22-39)57(48)38-19-11-9-12-20-38/h9-37H,1-8H3. The van der Waals surface area contributed by atoms with Crippen LogP contribution in [0.2, 0.25) is 0 Å². The average Bonchev–Trinajstić information content (AvgIpc) is 4.11. The second-order valence-electron chi connectivity index (χ2n) is 23.2. The summed E-state index contributed by atoms with van der Waals surface area (Å²) in [4.78, 5) is 2.71. The van der Waals surface area contributed by atoms with E-state index in [1.54, 1.807) is 0 Å². The number of aromatic nitrogens is 1. The summed E-state index contributed by atoms with van der Waals surface area (Å²) in [7, 11) is 0. The summed E-state index contributed by atoms with van der Waals surface area (Å²) in [5.74, 6) is 0.891. The van der Waals surface area contributed by atoms with Gasteiger partial charge in [-0.1, -0.05) is 177 Å². The van der Waals surface area contributed by atoms with E-state index in [1.165, 1.54) is 114 Å². The van der Waals surface area contributed by atoms with Crippen LogP contribution in [-0.2, 0) is 16.2 Å². The summed E-state index contributed by atoms with van der Waals surface area (Å²) in [5, 5.41) is 6.43. The molecule has 9 aromatic carbocycles. The Morgan fingerprint density at radius 3 is 1.96 bits per heavy atom. The Morgan fingerprint density at radius 2 is 1.21 bits per heavy atom. The van der Waals surface area contributed by atoms with Crippen molar-refractivity contribution in [3.8, 4) is 50.4 Å². The van der Waals surface area contributed by atoms with Gasteiger partial charge in [-0.25, -0.2) is 0 Å². The first kappa shape index (κ1) is 42.1. The largest absolute Gasteiger partial charge is 0.455 e. The van der Waals surface area contributed by atoms with Gasteiger partial charge < -0.3 is 13.8 Å². The Bertz CT molecular complexity index is 4310. The highest BCUT2D eigenvalue weighted by atomic mass is 32.1. The maximum atomic E-state index is 7.31. The molecule has 3 nitrogen and oxygen atoms in total. The molecule has 15 rings (SSSR count). The second kappa shape index (κ2) is 14.3. The minimum Gasteiger partial charge on any atom is -0.455 e. The first-order valence-electron chi connectivity index (χ1n) is 25.6. The van der Waals surface area contributed by atoms with Gasteiger partial charge in [0.1, 0.15) is 11.3 Å². The second-order valence-corrected chi connectivity index (χ2v) is 24.3. The molecule has 3 aromatic heterocycles. The van der Waals surface area contributed by atoms with Gasteiger partial charge >= 0.3 is 6.85 Å². The fraction of sp³-hybridized carbons (Fsp3) is 0.164. The van der Waals surface area contributed by atoms with Crippen LogP contribution in [0.3, 0.4) is 0 Å². The van der Waals surface area contributed by atoms with Crippen molar-refractivity contribution in [3.63, 3.8) is 0 Å². The van der Waals surface area contributed by atoms with Crippen LogP contribution in [0.25, 0.3) is 103 Å². The van der Waals surface area contributed by atoms with E-state index in [0.717, 1.165) is 33.4 Å². The van der Waals surface area contributed by atoms with Crippen LogP contribution in [0, 0.1) is 0 Å². The van der Waals surface area contributed by atoms with Crippen LogP contribution in [0.5, 0.6) is 0 Å². The Kier molecular flexibility index (Phi) is 8.37. The normalized spacial score (nSPS) is 14.4. The predicted molar refractivity (Wildman–Crippen MR) is 308 cm³/mol. The minimum absolute atomic E-state index is 0.00316. The summed E-state index contributed by atoms with van der Waals surface area (Å²) >= 11 is 1.90. The van der Waals surface area contributed by atoms with E-state index in [0.29, 0.717) is 0 Å². The van der Waals surface area contributed by atoms with Gasteiger partial charge in [0.05, 0.1) is 11.0 Å². The number of furan rings is 1. The minimum atomic E-state index is -0.285. The SMILES string of the molecule is CC(C)(C)c1ccc(N2B3c4cc5oc(-c6ccccc6)c(-c6ccccc6)c5cc4-n4c5ccc(C(C)(C)C)cc5c5c6c(c(c3c54)-c3cc4c(cc32)sc2ccccc24)-c2ccccc2C6(C)C)cc1. The molecule has 0 saturated heterocycles. The molecule has 3 aliphatic rings. The summed E-state index contributed by atoms with van der Waals surface area (Å²) in [6.45, 7) is 18.7. The molecule has 0 fully saturated rings. The molecule has 0 atom stereocenters. The zero-order valence-electron chi connectivity index (χ0n) is 42.0. The monoisotopic (exact) mass is 944 g/mol. The van der Waals surface area contributed by atoms with Gasteiger partial charge in [-0.05, 0) is 121 Å². The quantitative estimate of drug-likeness (QED) is 0.165. The lowest BCUT2D eigenvalue weighted by molar-refractivity contribution is 0.590. The highest BCUT2D eigenvalue weighted by Crippen LogP contribution is 2.60. The third-order valence-corrected chi connectivity index (χ3v) is 17.8. The van der Waals surface area contributed by atoms with Crippen LogP contribution in [-0.4, -0.2) is 11.4 Å². The van der Waals surface area contributed by atoms with Crippen LogP contribution < -0.4 is 15.7 Å². The number of anilines is 2. The van der Waals surface area contributed by atoms with Gasteiger partial charge in [0, 0.05) is 75.5 Å². The van der Waals surface area contributed by atoms with Gasteiger partial charge in [-0.3, -0.25) is 0 Å². The van der Waals surface area contributed by atoms with E-state index in [4.69, 9.17) is 4.42 Å². The Morgan fingerprint density at radius 1 is 0.528 bits per heavy atom. The number of hydrogen-bond donors (Lipinski definition) is 0. The Hall–Kier alpha value is -7.60. The predicted octanol–water partition coefficient (Wildman–Crippen LogP) is 17.4. The molecule has 5 heterocycles. The van der Waals surface area contributed by atoms with E-state index in [-0.39, 0.29) is 23.1 Å². The van der Waals surface area contributed by atoms with Crippen molar-refractivity contribution in [2.45, 2.75) is 71.6 Å². The fourth-order valence-electron chi connectivity index (χ4n) is 13.2. The molecule has 0 spiro atoms. The van der Waals surface area contributed by atoms with Gasteiger partial charge in [-0.2, -0.15) is 0 Å². The number of nitrogens with zero attached hydrogens (tertiary/aromatic N) is 2. The van der Waals surface area contributed by atoms with Crippen LogP contribution in [0.4, 0.5) is 11.4 Å². The van der Waals surface area contributed by atoms with E-state index in [2.05, 4.69) is 241 Å². The molecule has 2 aliphatic heterocycles. The van der Waals surface area contributed by atoms with Gasteiger partial charge in [-0.15, -0.1) is 11.3 Å². The van der Waals surface area contributed by atoms with E-state index < -0.39 is 0 Å². The third-order valence-electron chi connectivity index (χ3n) is 16.6. The van der Waals surface area contributed by atoms with Crippen molar-refractivity contribution >= 4 is 93.4 Å².